The van der Waals surface area contributed by atoms with Crippen LogP contribution in [0.1, 0.15) is 24.3 Å². The summed E-state index contributed by atoms with van der Waals surface area (Å²) in [5.41, 5.74) is 1.02. The van der Waals surface area contributed by atoms with E-state index >= 15 is 0 Å². The maximum absolute atomic E-state index is 11.9. The first-order valence-corrected chi connectivity index (χ1v) is 7.92. The Labute approximate surface area is 117 Å². The Morgan fingerprint density at radius 1 is 1.30 bits per heavy atom. The largest absolute Gasteiger partial charge is 0.461 e. The molecule has 1 heterocycles. The molecule has 0 atom stereocenters. The smallest absolute Gasteiger partial charge is 0.356 e. The van der Waals surface area contributed by atoms with E-state index in [-0.39, 0.29) is 23.7 Å². The van der Waals surface area contributed by atoms with Crippen molar-refractivity contribution in [2.24, 2.45) is 0 Å². The average molecular weight is 296 g/mol. The van der Waals surface area contributed by atoms with Gasteiger partial charge in [-0.2, -0.15) is 0 Å². The predicted molar refractivity (Wildman–Crippen MR) is 77.3 cm³/mol. The highest BCUT2D eigenvalue weighted by Crippen LogP contribution is 2.29. The van der Waals surface area contributed by atoms with Crippen LogP contribution >= 0.6 is 0 Å². The number of anilines is 1. The molecule has 0 aliphatic carbocycles. The molecular formula is C13H16N2O4S. The Hall–Kier alpha value is -2.02. The Morgan fingerprint density at radius 3 is 2.65 bits per heavy atom. The molecule has 0 unspecified atom stereocenters. The fraction of sp³-hybridized carbons (Fsp3) is 0.308. The van der Waals surface area contributed by atoms with Crippen LogP contribution < -0.4 is 4.72 Å². The van der Waals surface area contributed by atoms with Crippen LogP contribution in [0.5, 0.6) is 0 Å². The molecule has 0 radical (unpaired) electrons. The molecule has 20 heavy (non-hydrogen) atoms. The normalized spacial score (nSPS) is 11.5. The number of hydrogen-bond acceptors (Lipinski definition) is 4. The highest BCUT2D eigenvalue weighted by molar-refractivity contribution is 7.92. The molecule has 0 fully saturated rings. The van der Waals surface area contributed by atoms with Gasteiger partial charge in [-0.1, -0.05) is 18.2 Å². The van der Waals surface area contributed by atoms with Gasteiger partial charge in [0.25, 0.3) is 0 Å². The number of aromatic amines is 1. The third kappa shape index (κ3) is 2.77. The standard InChI is InChI=1S/C13H16N2O4S/c1-3-19-13(16)12-11(15-20(17,18)4-2)9-7-5-6-8-10(9)14-12/h5-8,14-15H,3-4H2,1-2H3. The molecule has 0 amide bonds. The third-order valence-corrected chi connectivity index (χ3v) is 4.10. The fourth-order valence-electron chi connectivity index (χ4n) is 1.83. The van der Waals surface area contributed by atoms with Gasteiger partial charge in [0.15, 0.2) is 5.69 Å². The average Bonchev–Trinajstić information content (AvgIpc) is 2.78. The SMILES string of the molecule is CCOC(=O)c1[nH]c2ccccc2c1NS(=O)(=O)CC. The van der Waals surface area contributed by atoms with E-state index in [1.807, 2.05) is 0 Å². The zero-order valence-corrected chi connectivity index (χ0v) is 12.1. The van der Waals surface area contributed by atoms with Crippen LogP contribution in [-0.2, 0) is 14.8 Å². The molecule has 0 bridgehead atoms. The molecule has 6 nitrogen and oxygen atoms in total. The molecule has 0 aliphatic heterocycles. The first-order valence-electron chi connectivity index (χ1n) is 6.26. The summed E-state index contributed by atoms with van der Waals surface area (Å²) in [6.45, 7) is 3.44. The van der Waals surface area contributed by atoms with Gasteiger partial charge in [0.1, 0.15) is 0 Å². The molecule has 0 saturated heterocycles. The van der Waals surface area contributed by atoms with E-state index in [1.54, 1.807) is 31.2 Å². The Bertz CT molecular complexity index is 734. The van der Waals surface area contributed by atoms with E-state index < -0.39 is 16.0 Å². The minimum atomic E-state index is -3.48. The first kappa shape index (κ1) is 14.4. The van der Waals surface area contributed by atoms with Gasteiger partial charge in [0, 0.05) is 10.9 Å². The summed E-state index contributed by atoms with van der Waals surface area (Å²) < 4.78 is 30.9. The van der Waals surface area contributed by atoms with Crippen LogP contribution in [0.15, 0.2) is 24.3 Å². The zero-order valence-electron chi connectivity index (χ0n) is 11.3. The molecule has 2 N–H and O–H groups in total. The van der Waals surface area contributed by atoms with E-state index in [2.05, 4.69) is 9.71 Å². The van der Waals surface area contributed by atoms with Gasteiger partial charge in [-0.3, -0.25) is 4.72 Å². The summed E-state index contributed by atoms with van der Waals surface area (Å²) in [6.07, 6.45) is 0. The molecule has 2 rings (SSSR count). The van der Waals surface area contributed by atoms with Crippen molar-refractivity contribution in [3.05, 3.63) is 30.0 Å². The third-order valence-electron chi connectivity index (χ3n) is 2.82. The van der Waals surface area contributed by atoms with E-state index in [4.69, 9.17) is 4.74 Å². The van der Waals surface area contributed by atoms with Gasteiger partial charge in [0.05, 0.1) is 18.0 Å². The van der Waals surface area contributed by atoms with E-state index in [9.17, 15) is 13.2 Å². The summed E-state index contributed by atoms with van der Waals surface area (Å²) in [7, 11) is -3.48. The second kappa shape index (κ2) is 5.54. The number of carbonyl (C=O) groups excluding carboxylic acids is 1. The van der Waals surface area contributed by atoms with Crippen LogP contribution in [-0.4, -0.2) is 31.7 Å². The molecule has 0 aliphatic rings. The van der Waals surface area contributed by atoms with E-state index in [0.717, 1.165) is 0 Å². The maximum atomic E-state index is 11.9. The summed E-state index contributed by atoms with van der Waals surface area (Å²) in [5.74, 6) is -0.660. The Morgan fingerprint density at radius 2 is 2.00 bits per heavy atom. The lowest BCUT2D eigenvalue weighted by Gasteiger charge is -2.07. The molecule has 1 aromatic heterocycles. The number of hydrogen-bond donors (Lipinski definition) is 2. The molecule has 0 spiro atoms. The van der Waals surface area contributed by atoms with Crippen molar-refractivity contribution in [3.63, 3.8) is 0 Å². The van der Waals surface area contributed by atoms with Gasteiger partial charge in [-0.05, 0) is 19.9 Å². The van der Waals surface area contributed by atoms with E-state index in [0.29, 0.717) is 10.9 Å². The van der Waals surface area contributed by atoms with Crippen molar-refractivity contribution in [2.75, 3.05) is 17.1 Å². The lowest BCUT2D eigenvalue weighted by atomic mass is 10.2. The van der Waals surface area contributed by atoms with Crippen molar-refractivity contribution in [3.8, 4) is 0 Å². The van der Waals surface area contributed by atoms with Gasteiger partial charge >= 0.3 is 5.97 Å². The van der Waals surface area contributed by atoms with Gasteiger partial charge in [0.2, 0.25) is 10.0 Å². The Balaban J connectivity index is 2.59. The number of sulfonamides is 1. The highest BCUT2D eigenvalue weighted by Gasteiger charge is 2.21. The minimum absolute atomic E-state index is 0.0746. The van der Waals surface area contributed by atoms with Crippen molar-refractivity contribution in [1.82, 2.24) is 4.98 Å². The topological polar surface area (TPSA) is 88.3 Å². The van der Waals surface area contributed by atoms with Crippen LogP contribution in [0.2, 0.25) is 0 Å². The molecular weight excluding hydrogens is 280 g/mol. The number of rotatable bonds is 5. The number of carbonyl (C=O) groups is 1. The second-order valence-corrected chi connectivity index (χ2v) is 6.16. The highest BCUT2D eigenvalue weighted by atomic mass is 32.2. The van der Waals surface area contributed by atoms with Crippen molar-refractivity contribution in [2.45, 2.75) is 13.8 Å². The predicted octanol–water partition coefficient (Wildman–Crippen LogP) is 2.11. The van der Waals surface area contributed by atoms with Gasteiger partial charge < -0.3 is 9.72 Å². The lowest BCUT2D eigenvalue weighted by Crippen LogP contribution is -2.17. The summed E-state index contributed by atoms with van der Waals surface area (Å²) in [4.78, 5) is 14.8. The first-order chi connectivity index (χ1) is 9.48. The summed E-state index contributed by atoms with van der Waals surface area (Å²) in [6, 6.07) is 7.07. The minimum Gasteiger partial charge on any atom is -0.461 e. The number of esters is 1. The number of H-pyrrole nitrogens is 1. The number of aromatic nitrogens is 1. The quantitative estimate of drug-likeness (QED) is 0.827. The molecule has 0 saturated carbocycles. The number of para-hydroxylation sites is 1. The lowest BCUT2D eigenvalue weighted by molar-refractivity contribution is 0.0522. The number of nitrogens with one attached hydrogen (secondary N) is 2. The number of ether oxygens (including phenoxy) is 1. The molecule has 2 aromatic rings. The van der Waals surface area contributed by atoms with Crippen LogP contribution in [0.3, 0.4) is 0 Å². The van der Waals surface area contributed by atoms with Gasteiger partial charge in [-0.15, -0.1) is 0 Å². The van der Waals surface area contributed by atoms with Crippen LogP contribution in [0.25, 0.3) is 10.9 Å². The monoisotopic (exact) mass is 296 g/mol. The maximum Gasteiger partial charge on any atom is 0.356 e. The van der Waals surface area contributed by atoms with Crippen molar-refractivity contribution in [1.29, 1.82) is 0 Å². The van der Waals surface area contributed by atoms with Crippen LogP contribution in [0.4, 0.5) is 5.69 Å². The van der Waals surface area contributed by atoms with Crippen molar-refractivity contribution >= 4 is 32.6 Å². The summed E-state index contributed by atoms with van der Waals surface area (Å²) >= 11 is 0. The van der Waals surface area contributed by atoms with Crippen LogP contribution in [0, 0.1) is 0 Å². The van der Waals surface area contributed by atoms with Gasteiger partial charge in [-0.25, -0.2) is 13.2 Å². The zero-order chi connectivity index (χ0) is 14.8. The molecule has 108 valence electrons. The van der Waals surface area contributed by atoms with E-state index in [1.165, 1.54) is 6.92 Å². The molecule has 1 aromatic carbocycles. The fourth-order valence-corrected chi connectivity index (χ4v) is 2.50. The van der Waals surface area contributed by atoms with Crippen molar-refractivity contribution < 1.29 is 17.9 Å². The molecule has 7 heteroatoms. The number of fused-ring (bicyclic) bond motifs is 1. The summed E-state index contributed by atoms with van der Waals surface area (Å²) in [5, 5.41) is 0.632. The second-order valence-electron chi connectivity index (χ2n) is 4.15. The number of benzene rings is 1. The Kier molecular flexibility index (Phi) is 3.99.